The highest BCUT2D eigenvalue weighted by Gasteiger charge is 2.18. The number of hydrogen-bond donors (Lipinski definition) is 2. The van der Waals surface area contributed by atoms with Gasteiger partial charge in [0.25, 0.3) is 0 Å². The number of benzene rings is 1. The van der Waals surface area contributed by atoms with Gasteiger partial charge in [-0.2, -0.15) is 0 Å². The lowest BCUT2D eigenvalue weighted by Crippen LogP contribution is -2.29. The predicted octanol–water partition coefficient (Wildman–Crippen LogP) is 2.29. The van der Waals surface area contributed by atoms with E-state index in [1.54, 1.807) is 45.4 Å². The van der Waals surface area contributed by atoms with Crippen molar-refractivity contribution >= 4 is 15.8 Å². The van der Waals surface area contributed by atoms with Crippen LogP contribution in [0.4, 0.5) is 5.82 Å². The standard InChI is InChI=1S/C20H26N6O3S/c1-13-11-18(14(2)10-17(13)29-5)30(27,28)23-7-6-22-19-12-20(25-15(3)24-19)26-9-8-21-16(26)4/h8-12,23H,6-7H2,1-5H3,(H,22,24,25). The first-order valence-electron chi connectivity index (χ1n) is 9.46. The molecule has 0 unspecified atom stereocenters. The summed E-state index contributed by atoms with van der Waals surface area (Å²) in [6, 6.07) is 5.15. The quantitative estimate of drug-likeness (QED) is 0.528. The number of sulfonamides is 1. The third-order valence-electron chi connectivity index (χ3n) is 4.60. The molecule has 0 saturated heterocycles. The minimum Gasteiger partial charge on any atom is -0.496 e. The first-order valence-corrected chi connectivity index (χ1v) is 10.9. The number of imidazole rings is 1. The van der Waals surface area contributed by atoms with Gasteiger partial charge in [0.05, 0.1) is 12.0 Å². The summed E-state index contributed by atoms with van der Waals surface area (Å²) < 4.78 is 35.1. The Hall–Kier alpha value is -2.98. The fourth-order valence-corrected chi connectivity index (χ4v) is 4.45. The summed E-state index contributed by atoms with van der Waals surface area (Å²) in [4.78, 5) is 13.2. The Kier molecular flexibility index (Phi) is 6.37. The molecule has 2 heterocycles. The van der Waals surface area contributed by atoms with Crippen LogP contribution in [-0.2, 0) is 10.0 Å². The van der Waals surface area contributed by atoms with Crippen LogP contribution in [-0.4, -0.2) is 48.1 Å². The molecule has 0 fully saturated rings. The van der Waals surface area contributed by atoms with Gasteiger partial charge in [0.1, 0.15) is 29.0 Å². The van der Waals surface area contributed by atoms with Crippen molar-refractivity contribution < 1.29 is 13.2 Å². The van der Waals surface area contributed by atoms with Crippen molar-refractivity contribution in [3.05, 3.63) is 53.4 Å². The Morgan fingerprint density at radius 3 is 2.47 bits per heavy atom. The molecule has 0 atom stereocenters. The van der Waals surface area contributed by atoms with Gasteiger partial charge in [-0.1, -0.05) is 0 Å². The predicted molar refractivity (Wildman–Crippen MR) is 115 cm³/mol. The first kappa shape index (κ1) is 21.7. The summed E-state index contributed by atoms with van der Waals surface area (Å²) in [5.74, 6) is 3.40. The first-order chi connectivity index (χ1) is 14.2. The molecule has 160 valence electrons. The number of aryl methyl sites for hydroxylation is 4. The molecule has 0 saturated carbocycles. The van der Waals surface area contributed by atoms with Crippen LogP contribution in [0.2, 0.25) is 0 Å². The number of hydrogen-bond acceptors (Lipinski definition) is 7. The molecule has 3 rings (SSSR count). The molecule has 0 bridgehead atoms. The van der Waals surface area contributed by atoms with E-state index in [0.29, 0.717) is 35.3 Å². The van der Waals surface area contributed by atoms with Gasteiger partial charge in [-0.05, 0) is 51.0 Å². The van der Waals surface area contributed by atoms with Crippen LogP contribution in [0.5, 0.6) is 5.75 Å². The summed E-state index contributed by atoms with van der Waals surface area (Å²) in [7, 11) is -2.08. The van der Waals surface area contributed by atoms with Crippen molar-refractivity contribution in [2.75, 3.05) is 25.5 Å². The average Bonchev–Trinajstić information content (AvgIpc) is 3.12. The van der Waals surface area contributed by atoms with Gasteiger partial charge in [0.15, 0.2) is 0 Å². The molecular formula is C20H26N6O3S. The van der Waals surface area contributed by atoms with Gasteiger partial charge >= 0.3 is 0 Å². The smallest absolute Gasteiger partial charge is 0.240 e. The molecular weight excluding hydrogens is 404 g/mol. The second kappa shape index (κ2) is 8.80. The van der Waals surface area contributed by atoms with E-state index in [2.05, 4.69) is 25.0 Å². The van der Waals surface area contributed by atoms with E-state index in [0.717, 1.165) is 11.4 Å². The van der Waals surface area contributed by atoms with Crippen LogP contribution in [0.3, 0.4) is 0 Å². The SMILES string of the molecule is COc1cc(C)c(S(=O)(=O)NCCNc2cc(-n3ccnc3C)nc(C)n2)cc1C. The number of methoxy groups -OCH3 is 1. The van der Waals surface area contributed by atoms with Crippen LogP contribution >= 0.6 is 0 Å². The van der Waals surface area contributed by atoms with Crippen molar-refractivity contribution in [2.45, 2.75) is 32.6 Å². The number of rotatable bonds is 8. The Balaban J connectivity index is 1.66. The molecule has 9 nitrogen and oxygen atoms in total. The number of nitrogens with one attached hydrogen (secondary N) is 2. The largest absolute Gasteiger partial charge is 0.496 e. The lowest BCUT2D eigenvalue weighted by Gasteiger charge is -2.13. The summed E-state index contributed by atoms with van der Waals surface area (Å²) >= 11 is 0. The highest BCUT2D eigenvalue weighted by molar-refractivity contribution is 7.89. The zero-order chi connectivity index (χ0) is 21.9. The van der Waals surface area contributed by atoms with Crippen LogP contribution in [0, 0.1) is 27.7 Å². The Bertz CT molecular complexity index is 1160. The molecule has 2 N–H and O–H groups in total. The van der Waals surface area contributed by atoms with Crippen LogP contribution < -0.4 is 14.8 Å². The Morgan fingerprint density at radius 2 is 1.80 bits per heavy atom. The van der Waals surface area contributed by atoms with Crippen LogP contribution in [0.25, 0.3) is 5.82 Å². The molecule has 0 spiro atoms. The summed E-state index contributed by atoms with van der Waals surface area (Å²) in [5.41, 5.74) is 1.39. The molecule has 0 radical (unpaired) electrons. The molecule has 2 aromatic heterocycles. The molecule has 0 aliphatic carbocycles. The van der Waals surface area contributed by atoms with E-state index in [9.17, 15) is 8.42 Å². The van der Waals surface area contributed by atoms with Crippen molar-refractivity contribution in [1.82, 2.24) is 24.2 Å². The second-order valence-electron chi connectivity index (χ2n) is 6.91. The van der Waals surface area contributed by atoms with E-state index in [-0.39, 0.29) is 11.4 Å². The molecule has 10 heteroatoms. The van der Waals surface area contributed by atoms with E-state index in [4.69, 9.17) is 4.74 Å². The summed E-state index contributed by atoms with van der Waals surface area (Å²) in [5, 5.41) is 3.14. The number of aromatic nitrogens is 4. The normalized spacial score (nSPS) is 11.5. The van der Waals surface area contributed by atoms with Gasteiger partial charge in [-0.3, -0.25) is 4.57 Å². The maximum Gasteiger partial charge on any atom is 0.240 e. The molecule has 30 heavy (non-hydrogen) atoms. The van der Waals surface area contributed by atoms with Gasteiger partial charge in [0, 0.05) is 31.5 Å². The monoisotopic (exact) mass is 430 g/mol. The highest BCUT2D eigenvalue weighted by atomic mass is 32.2. The molecule has 0 amide bonds. The van der Waals surface area contributed by atoms with Crippen molar-refractivity contribution in [3.8, 4) is 11.6 Å². The average molecular weight is 431 g/mol. The van der Waals surface area contributed by atoms with Crippen molar-refractivity contribution in [2.24, 2.45) is 0 Å². The lowest BCUT2D eigenvalue weighted by molar-refractivity contribution is 0.411. The summed E-state index contributed by atoms with van der Waals surface area (Å²) in [6.45, 7) is 7.83. The van der Waals surface area contributed by atoms with E-state index in [1.807, 2.05) is 24.6 Å². The zero-order valence-corrected chi connectivity index (χ0v) is 18.5. The fourth-order valence-electron chi connectivity index (χ4n) is 3.11. The van der Waals surface area contributed by atoms with E-state index in [1.165, 1.54) is 0 Å². The third-order valence-corrected chi connectivity index (χ3v) is 6.21. The van der Waals surface area contributed by atoms with Crippen LogP contribution in [0.15, 0.2) is 35.5 Å². The number of ether oxygens (including phenoxy) is 1. The number of nitrogens with zero attached hydrogens (tertiary/aromatic N) is 4. The molecule has 3 aromatic rings. The Labute approximate surface area is 176 Å². The summed E-state index contributed by atoms with van der Waals surface area (Å²) in [6.07, 6.45) is 3.53. The van der Waals surface area contributed by atoms with Crippen molar-refractivity contribution in [3.63, 3.8) is 0 Å². The Morgan fingerprint density at radius 1 is 1.03 bits per heavy atom. The minimum absolute atomic E-state index is 0.204. The minimum atomic E-state index is -3.64. The van der Waals surface area contributed by atoms with Gasteiger partial charge in [-0.25, -0.2) is 28.1 Å². The molecule has 1 aromatic carbocycles. The van der Waals surface area contributed by atoms with E-state index >= 15 is 0 Å². The molecule has 0 aliphatic rings. The topological polar surface area (TPSA) is 111 Å². The lowest BCUT2D eigenvalue weighted by atomic mass is 10.1. The maximum absolute atomic E-state index is 12.7. The fraction of sp³-hybridized carbons (Fsp3) is 0.350. The third kappa shape index (κ3) is 4.77. The van der Waals surface area contributed by atoms with Gasteiger partial charge in [0.2, 0.25) is 10.0 Å². The zero-order valence-electron chi connectivity index (χ0n) is 17.7. The highest BCUT2D eigenvalue weighted by Crippen LogP contribution is 2.25. The van der Waals surface area contributed by atoms with Crippen LogP contribution in [0.1, 0.15) is 22.8 Å². The van der Waals surface area contributed by atoms with Crippen molar-refractivity contribution in [1.29, 1.82) is 0 Å². The number of anilines is 1. The van der Waals surface area contributed by atoms with E-state index < -0.39 is 10.0 Å². The maximum atomic E-state index is 12.7. The second-order valence-corrected chi connectivity index (χ2v) is 8.65. The molecule has 0 aliphatic heterocycles. The van der Waals surface area contributed by atoms with Gasteiger partial charge in [-0.15, -0.1) is 0 Å². The van der Waals surface area contributed by atoms with Gasteiger partial charge < -0.3 is 10.1 Å².